The number of carbonyl (C=O) groups excluding carboxylic acids is 1. The minimum atomic E-state index is 0.135. The summed E-state index contributed by atoms with van der Waals surface area (Å²) in [7, 11) is 0. The van der Waals surface area contributed by atoms with Gasteiger partial charge in [-0.05, 0) is 25.8 Å². The molecule has 1 aliphatic carbocycles. The van der Waals surface area contributed by atoms with Crippen molar-refractivity contribution in [3.05, 3.63) is 12.7 Å². The van der Waals surface area contributed by atoms with Crippen LogP contribution in [-0.2, 0) is 4.79 Å². The van der Waals surface area contributed by atoms with Gasteiger partial charge in [-0.2, -0.15) is 0 Å². The second-order valence-corrected chi connectivity index (χ2v) is 4.51. The van der Waals surface area contributed by atoms with Crippen molar-refractivity contribution in [1.82, 2.24) is 10.6 Å². The molecule has 0 spiro atoms. The fraction of sp³-hybridized carbons (Fsp3) is 0.769. The summed E-state index contributed by atoms with van der Waals surface area (Å²) in [5.74, 6) is 0.135. The van der Waals surface area contributed by atoms with E-state index in [0.717, 1.165) is 25.8 Å². The van der Waals surface area contributed by atoms with Gasteiger partial charge in [-0.1, -0.05) is 31.8 Å². The van der Waals surface area contributed by atoms with Crippen molar-refractivity contribution in [2.45, 2.75) is 51.0 Å². The van der Waals surface area contributed by atoms with E-state index >= 15 is 0 Å². The molecule has 0 unspecified atom stereocenters. The molecule has 1 fully saturated rings. The maximum Gasteiger partial charge on any atom is 0.234 e. The number of amides is 1. The van der Waals surface area contributed by atoms with Crippen LogP contribution in [0.5, 0.6) is 0 Å². The lowest BCUT2D eigenvalue weighted by Gasteiger charge is -2.16. The molecule has 92 valence electrons. The lowest BCUT2D eigenvalue weighted by atomic mass is 10.1. The topological polar surface area (TPSA) is 41.1 Å². The highest BCUT2D eigenvalue weighted by atomic mass is 16.1. The van der Waals surface area contributed by atoms with E-state index in [9.17, 15) is 4.79 Å². The number of hydrogen-bond acceptors (Lipinski definition) is 2. The van der Waals surface area contributed by atoms with Crippen LogP contribution in [0.15, 0.2) is 12.7 Å². The minimum Gasteiger partial charge on any atom is -0.352 e. The predicted molar refractivity (Wildman–Crippen MR) is 67.3 cm³/mol. The second kappa shape index (κ2) is 8.34. The van der Waals surface area contributed by atoms with Gasteiger partial charge in [0.25, 0.3) is 0 Å². The Morgan fingerprint density at radius 2 is 1.94 bits per heavy atom. The average molecular weight is 224 g/mol. The third kappa shape index (κ3) is 5.91. The van der Waals surface area contributed by atoms with E-state index in [1.165, 1.54) is 25.7 Å². The summed E-state index contributed by atoms with van der Waals surface area (Å²) in [5.41, 5.74) is 0. The second-order valence-electron chi connectivity index (χ2n) is 4.51. The molecule has 16 heavy (non-hydrogen) atoms. The average Bonchev–Trinajstić information content (AvgIpc) is 2.53. The molecule has 1 aliphatic rings. The highest BCUT2D eigenvalue weighted by Gasteiger charge is 2.13. The summed E-state index contributed by atoms with van der Waals surface area (Å²) in [6.07, 6.45) is 10.2. The lowest BCUT2D eigenvalue weighted by Crippen LogP contribution is -2.40. The van der Waals surface area contributed by atoms with Crippen molar-refractivity contribution in [2.24, 2.45) is 0 Å². The lowest BCUT2D eigenvalue weighted by molar-refractivity contribution is -0.121. The summed E-state index contributed by atoms with van der Waals surface area (Å²) in [5, 5.41) is 6.22. The minimum absolute atomic E-state index is 0.135. The Morgan fingerprint density at radius 1 is 1.25 bits per heavy atom. The Kier molecular flexibility index (Phi) is 6.90. The van der Waals surface area contributed by atoms with Gasteiger partial charge in [0.1, 0.15) is 0 Å². The maximum absolute atomic E-state index is 11.6. The van der Waals surface area contributed by atoms with E-state index in [-0.39, 0.29) is 5.91 Å². The van der Waals surface area contributed by atoms with E-state index in [2.05, 4.69) is 17.2 Å². The van der Waals surface area contributed by atoms with Gasteiger partial charge in [0.2, 0.25) is 5.91 Å². The third-order valence-corrected chi connectivity index (χ3v) is 3.03. The van der Waals surface area contributed by atoms with Gasteiger partial charge in [-0.3, -0.25) is 4.79 Å². The van der Waals surface area contributed by atoms with Crippen molar-refractivity contribution in [2.75, 3.05) is 13.1 Å². The summed E-state index contributed by atoms with van der Waals surface area (Å²) in [4.78, 5) is 11.6. The molecule has 0 saturated heterocycles. The zero-order chi connectivity index (χ0) is 11.6. The van der Waals surface area contributed by atoms with Crippen LogP contribution >= 0.6 is 0 Å². The van der Waals surface area contributed by atoms with Gasteiger partial charge < -0.3 is 10.6 Å². The molecule has 3 nitrogen and oxygen atoms in total. The van der Waals surface area contributed by atoms with Gasteiger partial charge in [-0.15, -0.1) is 6.58 Å². The molecule has 1 rings (SSSR count). The van der Waals surface area contributed by atoms with Crippen molar-refractivity contribution >= 4 is 5.91 Å². The van der Waals surface area contributed by atoms with Crippen LogP contribution in [0.2, 0.25) is 0 Å². The summed E-state index contributed by atoms with van der Waals surface area (Å²) >= 11 is 0. The van der Waals surface area contributed by atoms with Gasteiger partial charge in [0, 0.05) is 6.04 Å². The van der Waals surface area contributed by atoms with E-state index in [1.54, 1.807) is 0 Å². The number of rotatable bonds is 6. The zero-order valence-electron chi connectivity index (χ0n) is 10.1. The molecule has 0 radical (unpaired) electrons. The molecule has 2 N–H and O–H groups in total. The molecule has 0 bridgehead atoms. The number of hydrogen-bond donors (Lipinski definition) is 2. The fourth-order valence-electron chi connectivity index (χ4n) is 2.11. The molecule has 0 aromatic carbocycles. The highest BCUT2D eigenvalue weighted by Crippen LogP contribution is 2.16. The van der Waals surface area contributed by atoms with Crippen LogP contribution in [0.4, 0.5) is 0 Å². The van der Waals surface area contributed by atoms with Crippen LogP contribution < -0.4 is 10.6 Å². The molecule has 0 aromatic rings. The molecule has 1 amide bonds. The van der Waals surface area contributed by atoms with Crippen LogP contribution in [-0.4, -0.2) is 25.0 Å². The molecular formula is C13H24N2O. The van der Waals surface area contributed by atoms with Crippen LogP contribution in [0.3, 0.4) is 0 Å². The first-order valence-electron chi connectivity index (χ1n) is 6.44. The predicted octanol–water partition coefficient (Wildman–Crippen LogP) is 1.99. The van der Waals surface area contributed by atoms with E-state index in [1.807, 2.05) is 6.08 Å². The first kappa shape index (κ1) is 13.2. The third-order valence-electron chi connectivity index (χ3n) is 3.03. The number of carbonyl (C=O) groups is 1. The van der Waals surface area contributed by atoms with Crippen LogP contribution in [0.25, 0.3) is 0 Å². The Bertz CT molecular complexity index is 208. The Labute approximate surface area is 98.7 Å². The first-order chi connectivity index (χ1) is 7.83. The molecule has 0 heterocycles. The Hall–Kier alpha value is -0.830. The molecule has 0 atom stereocenters. The normalized spacial score (nSPS) is 17.8. The van der Waals surface area contributed by atoms with E-state index in [0.29, 0.717) is 12.6 Å². The zero-order valence-corrected chi connectivity index (χ0v) is 10.1. The molecular weight excluding hydrogens is 200 g/mol. The summed E-state index contributed by atoms with van der Waals surface area (Å²) in [6.45, 7) is 4.91. The van der Waals surface area contributed by atoms with Crippen LogP contribution in [0, 0.1) is 0 Å². The largest absolute Gasteiger partial charge is 0.352 e. The molecule has 3 heteroatoms. The standard InChI is InChI=1S/C13H24N2O/c1-2-3-10-14-11-13(16)15-12-8-6-4-5-7-9-12/h2,12,14H,1,3-11H2,(H,15,16). The molecule has 0 aliphatic heterocycles. The van der Waals surface area contributed by atoms with Gasteiger partial charge in [0.05, 0.1) is 6.54 Å². The number of nitrogens with one attached hydrogen (secondary N) is 2. The van der Waals surface area contributed by atoms with E-state index < -0.39 is 0 Å². The van der Waals surface area contributed by atoms with Crippen LogP contribution in [0.1, 0.15) is 44.9 Å². The molecule has 0 aromatic heterocycles. The van der Waals surface area contributed by atoms with Gasteiger partial charge in [0.15, 0.2) is 0 Å². The van der Waals surface area contributed by atoms with Gasteiger partial charge in [-0.25, -0.2) is 0 Å². The first-order valence-corrected chi connectivity index (χ1v) is 6.44. The summed E-state index contributed by atoms with van der Waals surface area (Å²) in [6, 6.07) is 0.413. The monoisotopic (exact) mass is 224 g/mol. The fourth-order valence-corrected chi connectivity index (χ4v) is 2.11. The Morgan fingerprint density at radius 3 is 2.56 bits per heavy atom. The van der Waals surface area contributed by atoms with Crippen molar-refractivity contribution < 1.29 is 4.79 Å². The quantitative estimate of drug-likeness (QED) is 0.411. The van der Waals surface area contributed by atoms with Gasteiger partial charge >= 0.3 is 0 Å². The van der Waals surface area contributed by atoms with Crippen molar-refractivity contribution in [3.63, 3.8) is 0 Å². The highest BCUT2D eigenvalue weighted by molar-refractivity contribution is 5.78. The SMILES string of the molecule is C=CCCNCC(=O)NC1CCCCCC1. The van der Waals surface area contributed by atoms with Crippen molar-refractivity contribution in [3.8, 4) is 0 Å². The molecule has 1 saturated carbocycles. The maximum atomic E-state index is 11.6. The smallest absolute Gasteiger partial charge is 0.234 e. The Balaban J connectivity index is 2.09. The van der Waals surface area contributed by atoms with Crippen molar-refractivity contribution in [1.29, 1.82) is 0 Å². The summed E-state index contributed by atoms with van der Waals surface area (Å²) < 4.78 is 0. The van der Waals surface area contributed by atoms with E-state index in [4.69, 9.17) is 0 Å².